The van der Waals surface area contributed by atoms with Crippen molar-refractivity contribution in [3.8, 4) is 0 Å². The second kappa shape index (κ2) is 1160. The third kappa shape index (κ3) is 172. The lowest BCUT2D eigenvalue weighted by Gasteiger charge is -0.0636. The summed E-state index contributed by atoms with van der Waals surface area (Å²) in [6.07, 6.45) is 0. The largest absolute Gasteiger partial charge is 3.00 e. The van der Waals surface area contributed by atoms with Gasteiger partial charge in [0, 0.05) is 0 Å². The van der Waals surface area contributed by atoms with Gasteiger partial charge in [0.25, 0.3) is 0 Å². The molecule has 2 radical (unpaired) electrons. The monoisotopic (exact) mass is 59.1 g/mol. The Morgan fingerprint density at radius 3 is 0.500 bits per heavy atom. The highest BCUT2D eigenvalue weighted by atomic mass is 14.0. The van der Waals surface area contributed by atoms with E-state index in [1.54, 1.807) is 0 Å². The first-order valence-corrected chi connectivity index (χ1v) is 0. The molecule has 0 N–H and O–H groups in total. The predicted octanol–water partition coefficient (Wildman–Crippen LogP) is -4.84. The molecule has 0 spiro atoms. The van der Waals surface area contributed by atoms with Gasteiger partial charge in [0.1, 0.15) is 0 Å². The van der Waals surface area contributed by atoms with Crippen LogP contribution >= 0.6 is 0 Å². The summed E-state index contributed by atoms with van der Waals surface area (Å²) in [5.74, 6) is 0. The van der Waals surface area contributed by atoms with E-state index in [2.05, 4.69) is 0 Å². The standard InChI is InChI=1S/3BH4.N/h3*1H4;/q3*-1;+3. The van der Waals surface area contributed by atoms with E-state index in [9.17, 15) is 0 Å². The lowest BCUT2D eigenvalue weighted by molar-refractivity contribution is 2.13. The lowest BCUT2D eigenvalue weighted by atomic mass is 10.8. The second-order valence-corrected chi connectivity index (χ2v) is 0. The van der Waals surface area contributed by atoms with Crippen LogP contribution in [-0.2, 0) is 0 Å². The number of nitrogens with zero attached hydrogens (tertiary/aromatic N) is 1. The summed E-state index contributed by atoms with van der Waals surface area (Å²) in [5.41, 5.74) is 0. The Morgan fingerprint density at radius 2 is 0.500 bits per heavy atom. The Kier molecular flexibility index (Phi) is 1060000. The smallest absolute Gasteiger partial charge is 0.0626 e. The van der Waals surface area contributed by atoms with Crippen LogP contribution in [0.1, 0.15) is 0 Å². The van der Waals surface area contributed by atoms with Crippen LogP contribution in [0.5, 0.6) is 0 Å². The van der Waals surface area contributed by atoms with Crippen molar-refractivity contribution in [1.82, 2.24) is 6.15 Å². The quantitative estimate of drug-likeness (QED) is 0.250. The van der Waals surface area contributed by atoms with Crippen LogP contribution in [0.2, 0.25) is 0 Å². The highest BCUT2D eigenvalue weighted by Crippen LogP contribution is -0.379. The zero-order valence-corrected chi connectivity index (χ0v) is 0.447. The van der Waals surface area contributed by atoms with Crippen molar-refractivity contribution in [3.63, 3.8) is 0 Å². The first-order chi connectivity index (χ1) is 0. The molecule has 0 heterocycles. The van der Waals surface area contributed by atoms with Gasteiger partial charge in [-0.1, -0.05) is 25.2 Å². The summed E-state index contributed by atoms with van der Waals surface area (Å²) < 4.78 is 0. The van der Waals surface area contributed by atoms with E-state index < -0.39 is 0 Å². The molecule has 0 aromatic heterocycles. The molecule has 0 aromatic carbocycles. The Morgan fingerprint density at radius 1 is 0.500 bits per heavy atom. The summed E-state index contributed by atoms with van der Waals surface area (Å²) in [6, 6.07) is 0. The van der Waals surface area contributed by atoms with E-state index >= 15 is 0 Å². The average molecular weight is 58.5 g/mol. The van der Waals surface area contributed by atoms with Gasteiger partial charge in [0.05, 0.1) is 0 Å². The summed E-state index contributed by atoms with van der Waals surface area (Å²) in [4.78, 5) is 0. The maximum Gasteiger partial charge on any atom is 3.00 e. The normalized spacial score (nSPS) is 0. The molecule has 0 unspecified atom stereocenters. The van der Waals surface area contributed by atoms with Gasteiger partial charge in [-0.15, -0.1) is 0 Å². The van der Waals surface area contributed by atoms with Crippen molar-refractivity contribution in [2.75, 3.05) is 0 Å². The van der Waals surface area contributed by atoms with Gasteiger partial charge in [-0.3, -0.25) is 0 Å². The van der Waals surface area contributed by atoms with Crippen LogP contribution in [0.25, 0.3) is 0 Å². The van der Waals surface area contributed by atoms with E-state index in [1.807, 2.05) is 0 Å². The zero-order valence-electron chi connectivity index (χ0n) is 0.447. The summed E-state index contributed by atoms with van der Waals surface area (Å²) in [6.45, 7) is 0. The second-order valence-electron chi connectivity index (χ2n) is 0. The highest BCUT2D eigenvalue weighted by molar-refractivity contribution is 5.76. The fourth-order valence-corrected chi connectivity index (χ4v) is 0. The van der Waals surface area contributed by atoms with Gasteiger partial charge in [0.15, 0.2) is 0 Å². The topological polar surface area (TPSA) is 30.5 Å². The van der Waals surface area contributed by atoms with Crippen molar-refractivity contribution < 1.29 is 0 Å². The van der Waals surface area contributed by atoms with Gasteiger partial charge in [-0.25, -0.2) is 0 Å². The first-order valence-electron chi connectivity index (χ1n) is 0. The number of hydrogen-bond acceptors (Lipinski definition) is 0. The third-order valence-electron chi connectivity index (χ3n) is 0. The van der Waals surface area contributed by atoms with Gasteiger partial charge in [-0.2, -0.15) is 0 Å². The van der Waals surface area contributed by atoms with Gasteiger partial charge in [-0.05, 0) is 0 Å². The van der Waals surface area contributed by atoms with Crippen LogP contribution < -0.4 is 6.15 Å². The molecule has 0 rings (SSSR count). The third-order valence-corrected chi connectivity index (χ3v) is 0. The van der Waals surface area contributed by atoms with Crippen molar-refractivity contribution >= 4 is 25.2 Å². The maximum atomic E-state index is 0. The molecular weight excluding hydrogens is 46.4 g/mol. The van der Waals surface area contributed by atoms with Crippen LogP contribution in [-0.4, -0.2) is 25.2 Å². The van der Waals surface area contributed by atoms with Crippen LogP contribution in [0.15, 0.2) is 0 Å². The summed E-state index contributed by atoms with van der Waals surface area (Å²) in [7, 11) is 0. The molecule has 0 aliphatic carbocycles. The fourth-order valence-electron chi connectivity index (χ4n) is 0. The molecule has 0 fully saturated rings. The van der Waals surface area contributed by atoms with E-state index in [4.69, 9.17) is 0 Å². The molecule has 0 atom stereocenters. The Balaban J connectivity index is 0. The Labute approximate surface area is 32.5 Å². The van der Waals surface area contributed by atoms with Crippen molar-refractivity contribution in [3.05, 3.63) is 0 Å². The van der Waals surface area contributed by atoms with E-state index in [0.717, 1.165) is 0 Å². The molecule has 0 saturated heterocycles. The van der Waals surface area contributed by atoms with E-state index in [0.29, 0.717) is 0 Å². The summed E-state index contributed by atoms with van der Waals surface area (Å²) in [5, 5.41) is 0. The molecule has 0 aromatic rings. The molecular formula is H12B3N. The van der Waals surface area contributed by atoms with Crippen molar-refractivity contribution in [2.24, 2.45) is 0 Å². The SMILES string of the molecule is [BH4-].[BH4-].[BH4-].[N+3]. The molecule has 4 heavy (non-hydrogen) atoms. The minimum Gasteiger partial charge on any atom is -0.0626 e. The van der Waals surface area contributed by atoms with E-state index in [-0.39, 0.29) is 31.4 Å². The summed E-state index contributed by atoms with van der Waals surface area (Å²) >= 11 is 0. The molecule has 0 bridgehead atoms. The van der Waals surface area contributed by atoms with Crippen molar-refractivity contribution in [2.45, 2.75) is 0 Å². The maximum absolute atomic E-state index is 0. The van der Waals surface area contributed by atoms with Gasteiger partial charge < -0.3 is 0 Å². The van der Waals surface area contributed by atoms with Crippen LogP contribution in [0.3, 0.4) is 0 Å². The Hall–Kier alpha value is -0.0952. The van der Waals surface area contributed by atoms with Crippen LogP contribution in [0, 0.1) is 0 Å². The van der Waals surface area contributed by atoms with E-state index in [1.165, 1.54) is 0 Å². The molecule has 4 heteroatoms. The minimum absolute atomic E-state index is 0. The molecule has 0 aliphatic rings. The zero-order chi connectivity index (χ0) is 0. The lowest BCUT2D eigenvalue weighted by Crippen LogP contribution is -0.481. The van der Waals surface area contributed by atoms with Crippen LogP contribution in [0.4, 0.5) is 0 Å². The number of rotatable bonds is 0. The molecule has 26 valence electrons. The van der Waals surface area contributed by atoms with Gasteiger partial charge >= 0.3 is 6.15 Å². The molecule has 0 amide bonds. The first kappa shape index (κ1) is 3640. The average Bonchev–Trinajstić information content (AvgIpc) is 0. The predicted molar refractivity (Wildman–Crippen MR) is 36.1 cm³/mol. The minimum atomic E-state index is 0. The highest BCUT2D eigenvalue weighted by Gasteiger charge is 3.00. The fraction of sp³-hybridized carbons (Fsp3) is 0. The molecule has 1 nitrogen and oxygen atoms in total. The number of hydrogen-bond donors (Lipinski definition) is 0. The molecule has 0 aliphatic heterocycles. The van der Waals surface area contributed by atoms with Gasteiger partial charge in [0.2, 0.25) is 0 Å². The molecule has 0 saturated carbocycles. The van der Waals surface area contributed by atoms with Crippen molar-refractivity contribution in [1.29, 1.82) is 0 Å². The Bertz CT molecular complexity index is 3.25.